The second-order valence-electron chi connectivity index (χ2n) is 5.56. The molecule has 9 heteroatoms. The minimum Gasteiger partial charge on any atom is -0.293 e. The Kier molecular flexibility index (Phi) is 4.57. The zero-order valence-electron chi connectivity index (χ0n) is 13.9. The standard InChI is InChI=1S/C17H14N6O3/c1-12(24)16-4-6-19-22(16)9-8-21-7-5-15(20-21)13-2-3-14(11-18)17(10-13)23(25)26/h2-7,10H,8-9H2,1H3. The van der Waals surface area contributed by atoms with E-state index in [9.17, 15) is 14.9 Å². The normalized spacial score (nSPS) is 10.5. The lowest BCUT2D eigenvalue weighted by Crippen LogP contribution is -2.13. The van der Waals surface area contributed by atoms with Crippen LogP contribution < -0.4 is 0 Å². The van der Waals surface area contributed by atoms with E-state index in [4.69, 9.17) is 5.26 Å². The molecule has 9 nitrogen and oxygen atoms in total. The van der Waals surface area contributed by atoms with Gasteiger partial charge in [-0.05, 0) is 18.2 Å². The topological polar surface area (TPSA) is 120 Å². The van der Waals surface area contributed by atoms with Gasteiger partial charge in [0.15, 0.2) is 5.78 Å². The summed E-state index contributed by atoms with van der Waals surface area (Å²) >= 11 is 0. The molecule has 0 N–H and O–H groups in total. The molecule has 26 heavy (non-hydrogen) atoms. The van der Waals surface area contributed by atoms with Gasteiger partial charge >= 0.3 is 0 Å². The van der Waals surface area contributed by atoms with Crippen LogP contribution in [-0.4, -0.2) is 30.3 Å². The number of nitro benzene ring substituents is 1. The van der Waals surface area contributed by atoms with Crippen LogP contribution in [0.3, 0.4) is 0 Å². The van der Waals surface area contributed by atoms with Gasteiger partial charge in [-0.1, -0.05) is 6.07 Å². The van der Waals surface area contributed by atoms with Crippen molar-refractivity contribution in [3.05, 3.63) is 64.1 Å². The summed E-state index contributed by atoms with van der Waals surface area (Å²) in [6.45, 7) is 2.44. The van der Waals surface area contributed by atoms with Crippen LogP contribution in [0.2, 0.25) is 0 Å². The Morgan fingerprint density at radius 2 is 2.12 bits per heavy atom. The zero-order chi connectivity index (χ0) is 18.7. The van der Waals surface area contributed by atoms with Crippen LogP contribution in [0.1, 0.15) is 23.0 Å². The lowest BCUT2D eigenvalue weighted by Gasteiger charge is -2.05. The molecular formula is C17H14N6O3. The second-order valence-corrected chi connectivity index (χ2v) is 5.56. The number of rotatable bonds is 6. The van der Waals surface area contributed by atoms with Gasteiger partial charge in [0.25, 0.3) is 5.69 Å². The molecule has 130 valence electrons. The molecule has 3 rings (SSSR count). The van der Waals surface area contributed by atoms with Crippen molar-refractivity contribution in [3.8, 4) is 17.3 Å². The Labute approximate surface area is 148 Å². The van der Waals surface area contributed by atoms with Gasteiger partial charge in [0, 0.05) is 30.9 Å². The Morgan fingerprint density at radius 3 is 2.81 bits per heavy atom. The van der Waals surface area contributed by atoms with Gasteiger partial charge in [0.05, 0.1) is 23.7 Å². The molecule has 0 aliphatic carbocycles. The maximum absolute atomic E-state index is 11.5. The van der Waals surface area contributed by atoms with Gasteiger partial charge in [0.2, 0.25) is 0 Å². The minimum atomic E-state index is -0.583. The number of hydrogen-bond donors (Lipinski definition) is 0. The number of ketones is 1. The lowest BCUT2D eigenvalue weighted by molar-refractivity contribution is -0.385. The summed E-state index contributed by atoms with van der Waals surface area (Å²) in [6.07, 6.45) is 3.32. The molecule has 0 aliphatic rings. The summed E-state index contributed by atoms with van der Waals surface area (Å²) in [6, 6.07) is 9.58. The maximum atomic E-state index is 11.5. The molecule has 0 amide bonds. The average Bonchev–Trinajstić information content (AvgIpc) is 3.28. The molecule has 3 aromatic rings. The SMILES string of the molecule is CC(=O)c1ccnn1CCn1ccc(-c2ccc(C#N)c([N+](=O)[O-])c2)n1. The summed E-state index contributed by atoms with van der Waals surface area (Å²) in [5, 5.41) is 28.5. The van der Waals surface area contributed by atoms with Crippen molar-refractivity contribution in [1.82, 2.24) is 19.6 Å². The van der Waals surface area contributed by atoms with Crippen LogP contribution in [0, 0.1) is 21.4 Å². The Hall–Kier alpha value is -3.80. The summed E-state index contributed by atoms with van der Waals surface area (Å²) in [7, 11) is 0. The number of carbonyl (C=O) groups is 1. The maximum Gasteiger partial charge on any atom is 0.287 e. The highest BCUT2D eigenvalue weighted by Gasteiger charge is 2.16. The van der Waals surface area contributed by atoms with E-state index in [0.29, 0.717) is 30.0 Å². The first kappa shape index (κ1) is 17.0. The molecule has 2 aromatic heterocycles. The van der Waals surface area contributed by atoms with Crippen LogP contribution in [-0.2, 0) is 13.1 Å². The van der Waals surface area contributed by atoms with Crippen molar-refractivity contribution in [2.45, 2.75) is 20.0 Å². The fraction of sp³-hybridized carbons (Fsp3) is 0.176. The molecular weight excluding hydrogens is 336 g/mol. The van der Waals surface area contributed by atoms with Crippen LogP contribution in [0.5, 0.6) is 0 Å². The number of aromatic nitrogens is 4. The molecule has 0 bridgehead atoms. The predicted molar refractivity (Wildman–Crippen MR) is 91.3 cm³/mol. The highest BCUT2D eigenvalue weighted by atomic mass is 16.6. The third-order valence-corrected chi connectivity index (χ3v) is 3.87. The molecule has 0 spiro atoms. The van der Waals surface area contributed by atoms with E-state index in [-0.39, 0.29) is 17.0 Å². The number of nitrogens with zero attached hydrogens (tertiary/aromatic N) is 6. The monoisotopic (exact) mass is 350 g/mol. The van der Waals surface area contributed by atoms with E-state index in [0.717, 1.165) is 0 Å². The van der Waals surface area contributed by atoms with Crippen LogP contribution in [0.25, 0.3) is 11.3 Å². The first-order valence-corrected chi connectivity index (χ1v) is 7.74. The lowest BCUT2D eigenvalue weighted by atomic mass is 10.1. The van der Waals surface area contributed by atoms with Crippen molar-refractivity contribution >= 4 is 11.5 Å². The number of aryl methyl sites for hydroxylation is 2. The number of benzene rings is 1. The summed E-state index contributed by atoms with van der Waals surface area (Å²) in [5.41, 5.74) is 1.40. The summed E-state index contributed by atoms with van der Waals surface area (Å²) in [4.78, 5) is 22.0. The number of hydrogen-bond acceptors (Lipinski definition) is 6. The molecule has 0 fully saturated rings. The van der Waals surface area contributed by atoms with Crippen molar-refractivity contribution < 1.29 is 9.72 Å². The molecule has 0 saturated carbocycles. The van der Waals surface area contributed by atoms with E-state index in [1.807, 2.05) is 0 Å². The molecule has 2 heterocycles. The smallest absolute Gasteiger partial charge is 0.287 e. The first-order chi connectivity index (χ1) is 12.5. The Balaban J connectivity index is 1.79. The third-order valence-electron chi connectivity index (χ3n) is 3.87. The highest BCUT2D eigenvalue weighted by molar-refractivity contribution is 5.92. The molecule has 1 aromatic carbocycles. The van der Waals surface area contributed by atoms with Crippen LogP contribution in [0.15, 0.2) is 42.7 Å². The quantitative estimate of drug-likeness (QED) is 0.382. The van der Waals surface area contributed by atoms with Crippen LogP contribution >= 0.6 is 0 Å². The predicted octanol–water partition coefficient (Wildman–Crippen LogP) is 2.43. The van der Waals surface area contributed by atoms with Gasteiger partial charge in [0.1, 0.15) is 17.3 Å². The van der Waals surface area contributed by atoms with Gasteiger partial charge in [-0.2, -0.15) is 15.5 Å². The minimum absolute atomic E-state index is 0.00799. The molecule has 0 radical (unpaired) electrons. The number of Topliss-reactive ketones (excluding diaryl/α,β-unsaturated/α-hetero) is 1. The molecule has 0 unspecified atom stereocenters. The van der Waals surface area contributed by atoms with Gasteiger partial charge in [-0.3, -0.25) is 24.3 Å². The number of nitro groups is 1. The Morgan fingerprint density at radius 1 is 1.31 bits per heavy atom. The summed E-state index contributed by atoms with van der Waals surface area (Å²) in [5.74, 6) is -0.0615. The van der Waals surface area contributed by atoms with E-state index in [1.54, 1.807) is 46.0 Å². The van der Waals surface area contributed by atoms with Crippen molar-refractivity contribution in [2.24, 2.45) is 0 Å². The van der Waals surface area contributed by atoms with E-state index in [2.05, 4.69) is 10.2 Å². The van der Waals surface area contributed by atoms with E-state index >= 15 is 0 Å². The van der Waals surface area contributed by atoms with Gasteiger partial charge in [-0.25, -0.2) is 0 Å². The van der Waals surface area contributed by atoms with Crippen LogP contribution in [0.4, 0.5) is 5.69 Å². The molecule has 0 aliphatic heterocycles. The van der Waals surface area contributed by atoms with Crippen molar-refractivity contribution in [2.75, 3.05) is 0 Å². The fourth-order valence-electron chi connectivity index (χ4n) is 2.58. The van der Waals surface area contributed by atoms with E-state index in [1.165, 1.54) is 19.1 Å². The van der Waals surface area contributed by atoms with Gasteiger partial charge in [-0.15, -0.1) is 0 Å². The van der Waals surface area contributed by atoms with Crippen molar-refractivity contribution in [1.29, 1.82) is 5.26 Å². The number of carbonyl (C=O) groups excluding carboxylic acids is 1. The van der Waals surface area contributed by atoms with E-state index < -0.39 is 4.92 Å². The number of nitriles is 1. The zero-order valence-corrected chi connectivity index (χ0v) is 13.9. The molecule has 0 atom stereocenters. The second kappa shape index (κ2) is 6.98. The average molecular weight is 350 g/mol. The van der Waals surface area contributed by atoms with Gasteiger partial charge < -0.3 is 0 Å². The first-order valence-electron chi connectivity index (χ1n) is 7.74. The highest BCUT2D eigenvalue weighted by Crippen LogP contribution is 2.25. The fourth-order valence-corrected chi connectivity index (χ4v) is 2.58. The molecule has 0 saturated heterocycles. The summed E-state index contributed by atoms with van der Waals surface area (Å²) < 4.78 is 3.28. The third kappa shape index (κ3) is 3.34. The van der Waals surface area contributed by atoms with Crippen molar-refractivity contribution in [3.63, 3.8) is 0 Å². The largest absolute Gasteiger partial charge is 0.293 e. The Bertz CT molecular complexity index is 1030.